The van der Waals surface area contributed by atoms with Crippen LogP contribution >= 0.6 is 44.4 Å². The van der Waals surface area contributed by atoms with Gasteiger partial charge in [-0.1, -0.05) is 0 Å². The lowest BCUT2D eigenvalue weighted by Gasteiger charge is -2.18. The minimum absolute atomic E-state index is 0.194. The van der Waals surface area contributed by atoms with Crippen molar-refractivity contribution in [3.05, 3.63) is 22.3 Å². The van der Waals surface area contributed by atoms with E-state index in [-0.39, 0.29) is 11.7 Å². The van der Waals surface area contributed by atoms with Crippen molar-refractivity contribution in [2.24, 2.45) is 0 Å². The van der Waals surface area contributed by atoms with Gasteiger partial charge in [-0.05, 0) is 50.5 Å². The molecule has 0 aliphatic rings. The first-order valence-corrected chi connectivity index (χ1v) is 10.5. The summed E-state index contributed by atoms with van der Waals surface area (Å²) in [6.45, 7) is 1.62. The summed E-state index contributed by atoms with van der Waals surface area (Å²) in [7, 11) is 1.71. The van der Waals surface area contributed by atoms with Crippen LogP contribution in [-0.4, -0.2) is 42.4 Å². The molecule has 110 valence electrons. The third kappa shape index (κ3) is 5.59. The molecule has 0 radical (unpaired) electrons. The molecule has 0 aliphatic carbocycles. The van der Waals surface area contributed by atoms with Crippen LogP contribution in [0.2, 0.25) is 0 Å². The van der Waals surface area contributed by atoms with Crippen LogP contribution in [0, 0.1) is 0 Å². The lowest BCUT2D eigenvalue weighted by atomic mass is 10.2. The van der Waals surface area contributed by atoms with Gasteiger partial charge in [-0.2, -0.15) is 0 Å². The summed E-state index contributed by atoms with van der Waals surface area (Å²) in [6.07, 6.45) is 2.79. The standard InChI is InChI=1S/C11H14BrIN3O3P/c1-16(3-2-4-19-20-13)11(18)9-5-8(12)6-14-10(9)15-7-17/h5-7,20H,2-4H2,1H3,(H,14,15,17). The Morgan fingerprint density at radius 1 is 1.70 bits per heavy atom. The first kappa shape index (κ1) is 17.7. The number of carbonyl (C=O) groups is 2. The van der Waals surface area contributed by atoms with E-state index in [1.165, 1.54) is 6.20 Å². The molecule has 6 nitrogen and oxygen atoms in total. The van der Waals surface area contributed by atoms with Crippen molar-refractivity contribution in [3.8, 4) is 0 Å². The number of pyridine rings is 1. The third-order valence-corrected chi connectivity index (χ3v) is 4.10. The van der Waals surface area contributed by atoms with E-state index in [1.54, 1.807) is 18.0 Å². The Kier molecular flexibility index (Phi) is 8.51. The van der Waals surface area contributed by atoms with E-state index < -0.39 is 0 Å². The van der Waals surface area contributed by atoms with Crippen LogP contribution in [0.25, 0.3) is 0 Å². The fourth-order valence-corrected chi connectivity index (χ4v) is 2.71. The number of anilines is 1. The molecule has 0 aromatic carbocycles. The molecule has 1 unspecified atom stereocenters. The van der Waals surface area contributed by atoms with Crippen LogP contribution in [0.5, 0.6) is 0 Å². The molecular formula is C11H14BrIN3O3P. The van der Waals surface area contributed by atoms with Crippen LogP contribution in [-0.2, 0) is 9.32 Å². The summed E-state index contributed by atoms with van der Waals surface area (Å²) in [5.74, 6) is 0.0603. The summed E-state index contributed by atoms with van der Waals surface area (Å²) >= 11 is 5.42. The number of aromatic nitrogens is 1. The number of hydrogen-bond donors (Lipinski definition) is 1. The number of hydrogen-bond acceptors (Lipinski definition) is 4. The zero-order valence-electron chi connectivity index (χ0n) is 10.7. The van der Waals surface area contributed by atoms with E-state index in [0.29, 0.717) is 36.0 Å². The number of halogens is 2. The molecule has 0 fully saturated rings. The molecule has 1 aromatic rings. The Balaban J connectivity index is 2.74. The van der Waals surface area contributed by atoms with Gasteiger partial charge in [0.15, 0.2) is 0 Å². The molecule has 0 saturated heterocycles. The highest BCUT2D eigenvalue weighted by atomic mass is 127. The van der Waals surface area contributed by atoms with E-state index in [0.717, 1.165) is 6.42 Å². The highest BCUT2D eigenvalue weighted by molar-refractivity contribution is 14.2. The predicted octanol–water partition coefficient (Wildman–Crippen LogP) is 2.83. The maximum absolute atomic E-state index is 12.3. The summed E-state index contributed by atoms with van der Waals surface area (Å²) in [4.78, 5) is 28.5. The number of nitrogens with zero attached hydrogens (tertiary/aromatic N) is 2. The first-order valence-electron chi connectivity index (χ1n) is 5.68. The van der Waals surface area contributed by atoms with Crippen LogP contribution < -0.4 is 5.32 Å². The smallest absolute Gasteiger partial charge is 0.257 e. The van der Waals surface area contributed by atoms with Crippen molar-refractivity contribution in [1.82, 2.24) is 9.88 Å². The SMILES string of the molecule is CN(CCCOPI)C(=O)c1cc(Br)cnc1NC=O. The molecule has 1 N–H and O–H groups in total. The maximum Gasteiger partial charge on any atom is 0.257 e. The molecule has 1 rings (SSSR count). The van der Waals surface area contributed by atoms with Crippen LogP contribution in [0.3, 0.4) is 0 Å². The van der Waals surface area contributed by atoms with Crippen LogP contribution in [0.15, 0.2) is 16.7 Å². The van der Waals surface area contributed by atoms with Gasteiger partial charge in [0.1, 0.15) is 5.82 Å². The van der Waals surface area contributed by atoms with Gasteiger partial charge in [0.05, 0.1) is 18.6 Å². The Morgan fingerprint density at radius 3 is 3.10 bits per heavy atom. The highest BCUT2D eigenvalue weighted by Gasteiger charge is 2.17. The molecule has 1 heterocycles. The maximum atomic E-state index is 12.3. The summed E-state index contributed by atoms with van der Waals surface area (Å²) in [5.41, 5.74) is 0.352. The molecule has 1 aromatic heterocycles. The van der Waals surface area contributed by atoms with Gasteiger partial charge in [-0.3, -0.25) is 9.59 Å². The largest absolute Gasteiger partial charge is 0.352 e. The van der Waals surface area contributed by atoms with Crippen molar-refractivity contribution in [1.29, 1.82) is 0 Å². The Bertz CT molecular complexity index is 478. The van der Waals surface area contributed by atoms with Gasteiger partial charge in [-0.15, -0.1) is 0 Å². The Hall–Kier alpha value is -0.310. The predicted molar refractivity (Wildman–Crippen MR) is 91.5 cm³/mol. The van der Waals surface area contributed by atoms with Crippen LogP contribution in [0.1, 0.15) is 16.8 Å². The van der Waals surface area contributed by atoms with E-state index in [9.17, 15) is 9.59 Å². The van der Waals surface area contributed by atoms with Crippen molar-refractivity contribution >= 4 is 62.6 Å². The fourth-order valence-electron chi connectivity index (χ4n) is 1.49. The summed E-state index contributed by atoms with van der Waals surface area (Å²) in [5, 5.41) is 2.43. The molecule has 20 heavy (non-hydrogen) atoms. The molecule has 0 aliphatic heterocycles. The van der Waals surface area contributed by atoms with Gasteiger partial charge in [0.25, 0.3) is 5.91 Å². The second-order valence-corrected chi connectivity index (χ2v) is 6.50. The van der Waals surface area contributed by atoms with E-state index in [2.05, 4.69) is 48.3 Å². The van der Waals surface area contributed by atoms with Crippen molar-refractivity contribution in [2.45, 2.75) is 6.42 Å². The number of rotatable bonds is 8. The van der Waals surface area contributed by atoms with E-state index in [4.69, 9.17) is 4.52 Å². The lowest BCUT2D eigenvalue weighted by Crippen LogP contribution is -2.29. The lowest BCUT2D eigenvalue weighted by molar-refractivity contribution is -0.105. The van der Waals surface area contributed by atoms with Crippen molar-refractivity contribution in [3.63, 3.8) is 0 Å². The fraction of sp³-hybridized carbons (Fsp3) is 0.364. The molecule has 0 spiro atoms. The average Bonchev–Trinajstić information content (AvgIpc) is 2.44. The monoisotopic (exact) mass is 473 g/mol. The van der Waals surface area contributed by atoms with Gasteiger partial charge in [0.2, 0.25) is 6.41 Å². The second-order valence-electron chi connectivity index (χ2n) is 3.82. The third-order valence-electron chi connectivity index (χ3n) is 2.42. The zero-order valence-corrected chi connectivity index (χ0v) is 15.5. The van der Waals surface area contributed by atoms with Gasteiger partial charge in [0, 0.05) is 24.3 Å². The molecule has 9 heteroatoms. The minimum atomic E-state index is -0.194. The highest BCUT2D eigenvalue weighted by Crippen LogP contribution is 2.22. The second kappa shape index (κ2) is 9.59. The Labute approximate surface area is 140 Å². The molecule has 0 bridgehead atoms. The molecule has 2 amide bonds. The van der Waals surface area contributed by atoms with E-state index >= 15 is 0 Å². The van der Waals surface area contributed by atoms with E-state index in [1.807, 2.05) is 0 Å². The molecular weight excluding hydrogens is 460 g/mol. The number of nitrogens with one attached hydrogen (secondary N) is 1. The Morgan fingerprint density at radius 2 is 2.45 bits per heavy atom. The number of carbonyl (C=O) groups excluding carboxylic acids is 2. The minimum Gasteiger partial charge on any atom is -0.352 e. The van der Waals surface area contributed by atoms with Gasteiger partial charge < -0.3 is 14.7 Å². The zero-order chi connectivity index (χ0) is 15.0. The quantitative estimate of drug-likeness (QED) is 0.273. The number of amides is 2. The van der Waals surface area contributed by atoms with Crippen molar-refractivity contribution in [2.75, 3.05) is 25.5 Å². The first-order chi connectivity index (χ1) is 9.60. The average molecular weight is 474 g/mol. The van der Waals surface area contributed by atoms with Crippen molar-refractivity contribution < 1.29 is 14.1 Å². The topological polar surface area (TPSA) is 71.5 Å². The van der Waals surface area contributed by atoms with Crippen LogP contribution in [0.4, 0.5) is 5.82 Å². The normalized spacial score (nSPS) is 10.8. The molecule has 0 saturated carbocycles. The summed E-state index contributed by atoms with van der Waals surface area (Å²) < 4.78 is 5.93. The summed E-state index contributed by atoms with van der Waals surface area (Å²) in [6, 6.07) is 1.64. The van der Waals surface area contributed by atoms with Gasteiger partial charge >= 0.3 is 0 Å². The molecule has 1 atom stereocenters. The van der Waals surface area contributed by atoms with Gasteiger partial charge in [-0.25, -0.2) is 4.98 Å².